The summed E-state index contributed by atoms with van der Waals surface area (Å²) in [7, 11) is 0. The van der Waals surface area contributed by atoms with Crippen molar-refractivity contribution >= 4 is 10.9 Å². The molecule has 7 nitrogen and oxygen atoms in total. The van der Waals surface area contributed by atoms with Gasteiger partial charge in [-0.3, -0.25) is 14.3 Å². The van der Waals surface area contributed by atoms with Crippen LogP contribution in [0.25, 0.3) is 10.9 Å². The molecule has 0 N–H and O–H groups in total. The highest BCUT2D eigenvalue weighted by Gasteiger charge is 2.33. The predicted octanol–water partition coefficient (Wildman–Crippen LogP) is 2.53. The second-order valence-electron chi connectivity index (χ2n) is 7.32. The first-order valence-electron chi connectivity index (χ1n) is 9.28. The fourth-order valence-corrected chi connectivity index (χ4v) is 3.93. The van der Waals surface area contributed by atoms with E-state index in [-0.39, 0.29) is 11.6 Å². The fraction of sp³-hybridized carbons (Fsp3) is 0.474. The monoisotopic (exact) mass is 351 g/mol. The van der Waals surface area contributed by atoms with E-state index in [1.165, 1.54) is 19.2 Å². The van der Waals surface area contributed by atoms with Crippen LogP contribution in [0.2, 0.25) is 0 Å². The van der Waals surface area contributed by atoms with E-state index in [0.29, 0.717) is 23.7 Å². The van der Waals surface area contributed by atoms with E-state index in [0.717, 1.165) is 37.3 Å². The van der Waals surface area contributed by atoms with Crippen LogP contribution in [0.4, 0.5) is 0 Å². The maximum atomic E-state index is 13.2. The molecule has 2 fully saturated rings. The summed E-state index contributed by atoms with van der Waals surface area (Å²) in [6, 6.07) is 7.77. The molecule has 7 heteroatoms. The third-order valence-corrected chi connectivity index (χ3v) is 5.44. The number of para-hydroxylation sites is 1. The summed E-state index contributed by atoms with van der Waals surface area (Å²) in [5.74, 6) is 2.18. The van der Waals surface area contributed by atoms with Crippen molar-refractivity contribution in [3.8, 4) is 0 Å². The normalized spacial score (nSPS) is 20.8. The molecule has 0 amide bonds. The Kier molecular flexibility index (Phi) is 3.81. The lowest BCUT2D eigenvalue weighted by Gasteiger charge is -2.25. The topological polar surface area (TPSA) is 77.1 Å². The van der Waals surface area contributed by atoms with Gasteiger partial charge in [0.15, 0.2) is 5.82 Å². The molecule has 1 aromatic carbocycles. The van der Waals surface area contributed by atoms with Crippen molar-refractivity contribution in [1.82, 2.24) is 24.6 Å². The Morgan fingerprint density at radius 2 is 2.08 bits per heavy atom. The van der Waals surface area contributed by atoms with Crippen molar-refractivity contribution < 1.29 is 4.52 Å². The lowest BCUT2D eigenvalue weighted by molar-refractivity contribution is 0.223. The molecule has 0 bridgehead atoms. The molecule has 0 spiro atoms. The minimum absolute atomic E-state index is 0.0870. The first-order valence-corrected chi connectivity index (χ1v) is 9.28. The zero-order valence-electron chi connectivity index (χ0n) is 14.5. The molecule has 1 aliphatic carbocycles. The van der Waals surface area contributed by atoms with Crippen molar-refractivity contribution in [3.63, 3.8) is 0 Å². The summed E-state index contributed by atoms with van der Waals surface area (Å²) in [5.41, 5.74) is 0.870. The highest BCUT2D eigenvalue weighted by atomic mass is 16.5. The quantitative estimate of drug-likeness (QED) is 0.703. The van der Waals surface area contributed by atoms with Gasteiger partial charge in [-0.25, -0.2) is 4.98 Å². The molecule has 26 heavy (non-hydrogen) atoms. The summed E-state index contributed by atoms with van der Waals surface area (Å²) in [6.07, 6.45) is 5.84. The first-order chi connectivity index (χ1) is 12.8. The van der Waals surface area contributed by atoms with Gasteiger partial charge in [-0.05, 0) is 50.3 Å². The number of fused-ring (bicyclic) bond motifs is 1. The van der Waals surface area contributed by atoms with Crippen LogP contribution in [0.5, 0.6) is 0 Å². The third-order valence-electron chi connectivity index (χ3n) is 5.44. The summed E-state index contributed by atoms with van der Waals surface area (Å²) in [5, 5.41) is 4.65. The molecule has 3 aromatic rings. The predicted molar refractivity (Wildman–Crippen MR) is 95.4 cm³/mol. The Morgan fingerprint density at radius 3 is 2.88 bits per heavy atom. The van der Waals surface area contributed by atoms with Gasteiger partial charge in [0, 0.05) is 6.54 Å². The van der Waals surface area contributed by atoms with E-state index >= 15 is 0 Å². The van der Waals surface area contributed by atoms with Crippen LogP contribution in [0.1, 0.15) is 43.4 Å². The van der Waals surface area contributed by atoms with Gasteiger partial charge >= 0.3 is 0 Å². The van der Waals surface area contributed by atoms with Gasteiger partial charge in [-0.15, -0.1) is 0 Å². The maximum Gasteiger partial charge on any atom is 0.261 e. The lowest BCUT2D eigenvalue weighted by Crippen LogP contribution is -2.32. The number of benzene rings is 1. The number of likely N-dealkylation sites (tertiary alicyclic amines) is 1. The number of hydrogen-bond donors (Lipinski definition) is 0. The Balaban J connectivity index is 1.58. The molecule has 0 radical (unpaired) electrons. The van der Waals surface area contributed by atoms with Crippen LogP contribution >= 0.6 is 0 Å². The summed E-state index contributed by atoms with van der Waals surface area (Å²) in [4.78, 5) is 24.6. The van der Waals surface area contributed by atoms with Gasteiger partial charge in [0.1, 0.15) is 5.82 Å². The molecule has 1 atom stereocenters. The smallest absolute Gasteiger partial charge is 0.261 e. The van der Waals surface area contributed by atoms with Gasteiger partial charge in [0.05, 0.1) is 23.5 Å². The zero-order valence-corrected chi connectivity index (χ0v) is 14.5. The summed E-state index contributed by atoms with van der Waals surface area (Å²) >= 11 is 0. The molecule has 3 heterocycles. The SMILES string of the molecule is O=c1c2ccccc2nc(C2CCCN2Cc2ncon2)n1CC1CC1. The van der Waals surface area contributed by atoms with Crippen LogP contribution in [-0.4, -0.2) is 31.1 Å². The summed E-state index contributed by atoms with van der Waals surface area (Å²) < 4.78 is 6.80. The van der Waals surface area contributed by atoms with E-state index in [4.69, 9.17) is 9.51 Å². The van der Waals surface area contributed by atoms with Crippen molar-refractivity contribution in [3.05, 3.63) is 52.7 Å². The number of nitrogens with zero attached hydrogens (tertiary/aromatic N) is 5. The molecule has 1 unspecified atom stereocenters. The summed E-state index contributed by atoms with van der Waals surface area (Å²) in [6.45, 7) is 2.34. The van der Waals surface area contributed by atoms with Crippen LogP contribution in [0, 0.1) is 5.92 Å². The van der Waals surface area contributed by atoms with Gasteiger partial charge in [0.25, 0.3) is 5.56 Å². The number of rotatable bonds is 5. The molecular formula is C19H21N5O2. The fourth-order valence-electron chi connectivity index (χ4n) is 3.93. The minimum atomic E-state index is 0.0870. The van der Waals surface area contributed by atoms with E-state index in [2.05, 4.69) is 15.0 Å². The van der Waals surface area contributed by atoms with Crippen LogP contribution in [0.15, 0.2) is 40.0 Å². The first kappa shape index (κ1) is 15.7. The Bertz CT molecular complexity index is 977. The average Bonchev–Trinajstić information content (AvgIpc) is 3.13. The van der Waals surface area contributed by atoms with Crippen molar-refractivity contribution in [1.29, 1.82) is 0 Å². The van der Waals surface area contributed by atoms with E-state index in [1.807, 2.05) is 28.8 Å². The molecule has 5 rings (SSSR count). The second-order valence-corrected chi connectivity index (χ2v) is 7.32. The van der Waals surface area contributed by atoms with E-state index in [9.17, 15) is 4.79 Å². The van der Waals surface area contributed by atoms with Crippen LogP contribution in [0.3, 0.4) is 0 Å². The van der Waals surface area contributed by atoms with Gasteiger partial charge in [0.2, 0.25) is 6.39 Å². The highest BCUT2D eigenvalue weighted by molar-refractivity contribution is 5.77. The molecule has 2 aromatic heterocycles. The molecule has 1 saturated carbocycles. The number of aromatic nitrogens is 4. The Labute approximate surface area is 150 Å². The highest BCUT2D eigenvalue weighted by Crippen LogP contribution is 2.35. The Hall–Kier alpha value is -2.54. The van der Waals surface area contributed by atoms with Crippen LogP contribution in [-0.2, 0) is 13.1 Å². The number of hydrogen-bond acceptors (Lipinski definition) is 6. The molecule has 1 saturated heterocycles. The third kappa shape index (κ3) is 2.82. The lowest BCUT2D eigenvalue weighted by atomic mass is 10.1. The van der Waals surface area contributed by atoms with Gasteiger partial charge in [-0.1, -0.05) is 17.3 Å². The van der Waals surface area contributed by atoms with Crippen molar-refractivity contribution in [2.24, 2.45) is 5.92 Å². The van der Waals surface area contributed by atoms with Gasteiger partial charge < -0.3 is 4.52 Å². The van der Waals surface area contributed by atoms with Crippen molar-refractivity contribution in [2.45, 2.75) is 44.8 Å². The Morgan fingerprint density at radius 1 is 1.19 bits per heavy atom. The minimum Gasteiger partial charge on any atom is -0.343 e. The maximum absolute atomic E-state index is 13.2. The molecular weight excluding hydrogens is 330 g/mol. The molecule has 134 valence electrons. The standard InChI is InChI=1S/C19H21N5O2/c25-19-14-4-1-2-5-15(14)21-18(24(19)10-13-7-8-13)16-6-3-9-23(16)11-17-20-12-26-22-17/h1-2,4-5,12-13,16H,3,6-11H2. The van der Waals surface area contributed by atoms with Crippen LogP contribution < -0.4 is 5.56 Å². The zero-order chi connectivity index (χ0) is 17.5. The molecule has 1 aliphatic heterocycles. The van der Waals surface area contributed by atoms with E-state index < -0.39 is 0 Å². The van der Waals surface area contributed by atoms with Crippen molar-refractivity contribution in [2.75, 3.05) is 6.54 Å². The molecule has 2 aliphatic rings. The van der Waals surface area contributed by atoms with E-state index in [1.54, 1.807) is 0 Å². The largest absolute Gasteiger partial charge is 0.343 e. The average molecular weight is 351 g/mol. The van der Waals surface area contributed by atoms with Gasteiger partial charge in [-0.2, -0.15) is 4.98 Å². The second kappa shape index (κ2) is 6.32.